The minimum atomic E-state index is 0.146. The van der Waals surface area contributed by atoms with Gasteiger partial charge in [-0.2, -0.15) is 0 Å². The average molecular weight is 443 g/mol. The molecule has 1 amide bonds. The van der Waals surface area contributed by atoms with Crippen LogP contribution in [0.1, 0.15) is 52.0 Å². The van der Waals surface area contributed by atoms with Crippen LogP contribution >= 0.6 is 11.3 Å². The number of benzene rings is 1. The second kappa shape index (κ2) is 10.3. The van der Waals surface area contributed by atoms with E-state index in [2.05, 4.69) is 54.1 Å². The molecule has 0 aliphatic carbocycles. The van der Waals surface area contributed by atoms with E-state index in [1.165, 1.54) is 29.8 Å². The van der Waals surface area contributed by atoms with Crippen molar-refractivity contribution in [2.45, 2.75) is 52.9 Å². The maximum atomic E-state index is 12.7. The minimum Gasteiger partial charge on any atom is -0.356 e. The van der Waals surface area contributed by atoms with E-state index in [1.807, 2.05) is 0 Å². The first-order valence-electron chi connectivity index (χ1n) is 12.2. The molecule has 2 aromatic rings. The highest BCUT2D eigenvalue weighted by Gasteiger charge is 2.26. The van der Waals surface area contributed by atoms with Gasteiger partial charge in [-0.1, -0.05) is 38.2 Å². The molecule has 0 saturated carbocycles. The summed E-state index contributed by atoms with van der Waals surface area (Å²) >= 11 is 1.78. The second-order valence-corrected chi connectivity index (χ2v) is 10.8. The van der Waals surface area contributed by atoms with Crippen molar-refractivity contribution in [3.05, 3.63) is 23.8 Å². The maximum absolute atomic E-state index is 12.7. The van der Waals surface area contributed by atoms with Gasteiger partial charge in [0.2, 0.25) is 5.91 Å². The Kier molecular flexibility index (Phi) is 7.49. The fraction of sp³-hybridized carbons (Fsp3) is 0.680. The van der Waals surface area contributed by atoms with E-state index in [0.29, 0.717) is 0 Å². The molecule has 6 heteroatoms. The number of piperidine rings is 2. The number of rotatable bonds is 7. The molecule has 4 rings (SSSR count). The Balaban J connectivity index is 1.19. The van der Waals surface area contributed by atoms with E-state index in [1.54, 1.807) is 11.3 Å². The number of aromatic nitrogens is 1. The minimum absolute atomic E-state index is 0.146. The zero-order chi connectivity index (χ0) is 21.8. The van der Waals surface area contributed by atoms with Crippen LogP contribution in [-0.4, -0.2) is 55.1 Å². The molecule has 3 heterocycles. The van der Waals surface area contributed by atoms with Crippen molar-refractivity contribution in [1.82, 2.24) is 15.2 Å². The lowest BCUT2D eigenvalue weighted by Crippen LogP contribution is -2.42. The van der Waals surface area contributed by atoms with Crippen molar-refractivity contribution in [2.24, 2.45) is 17.8 Å². The first kappa shape index (κ1) is 22.5. The van der Waals surface area contributed by atoms with Crippen LogP contribution in [-0.2, 0) is 11.2 Å². The number of anilines is 1. The standard InChI is InChI=1S/C25H38N4OS/c1-4-20-6-7-22-23(15-20)31-25(27-22)29-12-8-21(9-13-29)24(30)26-10-5-11-28-16-18(2)14-19(3)17-28/h6-7,15,18-19,21H,4-5,8-14,16-17H2,1-3H3,(H,26,30)/t18-,19+. The fourth-order valence-corrected chi connectivity index (χ4v) is 6.36. The molecule has 1 aromatic heterocycles. The molecule has 1 aromatic carbocycles. The molecule has 1 N–H and O–H groups in total. The topological polar surface area (TPSA) is 48.5 Å². The SMILES string of the molecule is CCc1ccc2nc(N3CCC(C(=O)NCCCN4C[C@H](C)C[C@H](C)C4)CC3)sc2c1. The van der Waals surface area contributed by atoms with Crippen LogP contribution in [0.5, 0.6) is 0 Å². The van der Waals surface area contributed by atoms with Gasteiger partial charge in [0.1, 0.15) is 0 Å². The number of nitrogens with one attached hydrogen (secondary N) is 1. The summed E-state index contributed by atoms with van der Waals surface area (Å²) in [6, 6.07) is 6.58. The Hall–Kier alpha value is -1.66. The first-order chi connectivity index (χ1) is 15.0. The van der Waals surface area contributed by atoms with Gasteiger partial charge in [0, 0.05) is 38.6 Å². The summed E-state index contributed by atoms with van der Waals surface area (Å²) < 4.78 is 1.27. The number of amides is 1. The monoisotopic (exact) mass is 442 g/mol. The molecule has 0 spiro atoms. The Morgan fingerprint density at radius 3 is 2.65 bits per heavy atom. The smallest absolute Gasteiger partial charge is 0.223 e. The summed E-state index contributed by atoms with van der Waals surface area (Å²) in [5.74, 6) is 1.99. The molecule has 2 saturated heterocycles. The molecule has 5 nitrogen and oxygen atoms in total. The lowest BCUT2D eigenvalue weighted by Gasteiger charge is -2.35. The van der Waals surface area contributed by atoms with Gasteiger partial charge in [-0.25, -0.2) is 4.98 Å². The number of hydrogen-bond donors (Lipinski definition) is 1. The molecular weight excluding hydrogens is 404 g/mol. The van der Waals surface area contributed by atoms with Crippen molar-refractivity contribution in [3.8, 4) is 0 Å². The summed E-state index contributed by atoms with van der Waals surface area (Å²) in [6.07, 6.45) is 5.30. The molecule has 0 radical (unpaired) electrons. The van der Waals surface area contributed by atoms with E-state index < -0.39 is 0 Å². The summed E-state index contributed by atoms with van der Waals surface area (Å²) in [6.45, 7) is 13.1. The molecular formula is C25H38N4OS. The summed E-state index contributed by atoms with van der Waals surface area (Å²) in [5, 5.41) is 4.31. The summed E-state index contributed by atoms with van der Waals surface area (Å²) in [5.41, 5.74) is 2.46. The second-order valence-electron chi connectivity index (χ2n) is 9.76. The largest absolute Gasteiger partial charge is 0.356 e. The van der Waals surface area contributed by atoms with Gasteiger partial charge in [-0.05, 0) is 68.2 Å². The van der Waals surface area contributed by atoms with Crippen LogP contribution in [0.3, 0.4) is 0 Å². The zero-order valence-electron chi connectivity index (χ0n) is 19.4. The van der Waals surface area contributed by atoms with E-state index in [9.17, 15) is 4.79 Å². The number of thiazole rings is 1. The fourth-order valence-electron chi connectivity index (χ4n) is 5.28. The number of nitrogens with zero attached hydrogens (tertiary/aromatic N) is 3. The Morgan fingerprint density at radius 1 is 1.19 bits per heavy atom. The van der Waals surface area contributed by atoms with Crippen LogP contribution in [0.4, 0.5) is 5.13 Å². The predicted octanol–water partition coefficient (Wildman–Crippen LogP) is 4.56. The van der Waals surface area contributed by atoms with Gasteiger partial charge in [-0.15, -0.1) is 0 Å². The highest BCUT2D eigenvalue weighted by molar-refractivity contribution is 7.22. The summed E-state index contributed by atoms with van der Waals surface area (Å²) in [4.78, 5) is 22.4. The van der Waals surface area contributed by atoms with Crippen LogP contribution in [0, 0.1) is 17.8 Å². The van der Waals surface area contributed by atoms with E-state index in [-0.39, 0.29) is 11.8 Å². The Labute approximate surface area is 191 Å². The molecule has 2 aliphatic rings. The lowest BCUT2D eigenvalue weighted by atomic mass is 9.92. The van der Waals surface area contributed by atoms with Crippen molar-refractivity contribution in [1.29, 1.82) is 0 Å². The lowest BCUT2D eigenvalue weighted by molar-refractivity contribution is -0.125. The van der Waals surface area contributed by atoms with Crippen LogP contribution in [0.25, 0.3) is 10.2 Å². The molecule has 2 atom stereocenters. The average Bonchev–Trinajstić information content (AvgIpc) is 3.19. The zero-order valence-corrected chi connectivity index (χ0v) is 20.2. The third-order valence-electron chi connectivity index (χ3n) is 6.88. The molecule has 0 unspecified atom stereocenters. The third-order valence-corrected chi connectivity index (χ3v) is 7.96. The van der Waals surface area contributed by atoms with Crippen LogP contribution in [0.15, 0.2) is 18.2 Å². The van der Waals surface area contributed by atoms with E-state index in [4.69, 9.17) is 4.98 Å². The Morgan fingerprint density at radius 2 is 1.94 bits per heavy atom. The highest BCUT2D eigenvalue weighted by Crippen LogP contribution is 2.32. The molecule has 0 bridgehead atoms. The van der Waals surface area contributed by atoms with Gasteiger partial charge < -0.3 is 15.1 Å². The highest BCUT2D eigenvalue weighted by atomic mass is 32.1. The van der Waals surface area contributed by atoms with Gasteiger partial charge in [-0.3, -0.25) is 4.79 Å². The molecule has 170 valence electrons. The van der Waals surface area contributed by atoms with Gasteiger partial charge in [0.25, 0.3) is 0 Å². The molecule has 31 heavy (non-hydrogen) atoms. The first-order valence-corrected chi connectivity index (χ1v) is 13.0. The number of carbonyl (C=O) groups excluding carboxylic acids is 1. The van der Waals surface area contributed by atoms with Crippen LogP contribution in [0.2, 0.25) is 0 Å². The third kappa shape index (κ3) is 5.78. The number of hydrogen-bond acceptors (Lipinski definition) is 5. The maximum Gasteiger partial charge on any atom is 0.223 e. The van der Waals surface area contributed by atoms with Crippen molar-refractivity contribution in [2.75, 3.05) is 44.2 Å². The summed E-state index contributed by atoms with van der Waals surface area (Å²) in [7, 11) is 0. The van der Waals surface area contributed by atoms with Crippen molar-refractivity contribution < 1.29 is 4.79 Å². The quantitative estimate of drug-likeness (QED) is 0.639. The van der Waals surface area contributed by atoms with Crippen molar-refractivity contribution in [3.63, 3.8) is 0 Å². The molecule has 2 aliphatic heterocycles. The normalized spacial score (nSPS) is 23.4. The predicted molar refractivity (Wildman–Crippen MR) is 131 cm³/mol. The van der Waals surface area contributed by atoms with Gasteiger partial charge in [0.15, 0.2) is 5.13 Å². The molecule has 2 fully saturated rings. The van der Waals surface area contributed by atoms with Gasteiger partial charge >= 0.3 is 0 Å². The number of aryl methyl sites for hydroxylation is 1. The number of fused-ring (bicyclic) bond motifs is 1. The van der Waals surface area contributed by atoms with Gasteiger partial charge in [0.05, 0.1) is 10.2 Å². The van der Waals surface area contributed by atoms with Crippen molar-refractivity contribution >= 4 is 32.6 Å². The number of likely N-dealkylation sites (tertiary alicyclic amines) is 1. The van der Waals surface area contributed by atoms with E-state index in [0.717, 1.165) is 74.3 Å². The Bertz CT molecular complexity index is 864. The van der Waals surface area contributed by atoms with Crippen LogP contribution < -0.4 is 10.2 Å². The number of carbonyl (C=O) groups is 1. The van der Waals surface area contributed by atoms with E-state index >= 15 is 0 Å².